The van der Waals surface area contributed by atoms with E-state index in [1.54, 1.807) is 11.3 Å². The van der Waals surface area contributed by atoms with Crippen LogP contribution in [0.1, 0.15) is 16.3 Å². The molecule has 0 aliphatic carbocycles. The van der Waals surface area contributed by atoms with Crippen molar-refractivity contribution >= 4 is 17.0 Å². The second-order valence-electron chi connectivity index (χ2n) is 3.84. The van der Waals surface area contributed by atoms with Crippen LogP contribution in [0.5, 0.6) is 0 Å². The van der Waals surface area contributed by atoms with Gasteiger partial charge >= 0.3 is 0 Å². The number of nitrogens with zero attached hydrogens (tertiary/aromatic N) is 3. The number of nitrogens with one attached hydrogen (secondary N) is 1. The third-order valence-electron chi connectivity index (χ3n) is 2.53. The van der Waals surface area contributed by atoms with Crippen LogP contribution in [0.4, 0.5) is 5.69 Å². The Hall–Kier alpha value is -1.36. The topological polar surface area (TPSA) is 42.7 Å². The van der Waals surface area contributed by atoms with Gasteiger partial charge in [-0.2, -0.15) is 5.10 Å². The molecule has 2 aromatic rings. The predicted octanol–water partition coefficient (Wildman–Crippen LogP) is 2.15. The largest absolute Gasteiger partial charge is 0.382 e. The van der Waals surface area contributed by atoms with Gasteiger partial charge < -0.3 is 5.32 Å². The third-order valence-corrected chi connectivity index (χ3v) is 3.52. The fourth-order valence-electron chi connectivity index (χ4n) is 1.65. The molecule has 0 saturated heterocycles. The van der Waals surface area contributed by atoms with Crippen LogP contribution in [0, 0.1) is 13.8 Å². The number of hydrogen-bond acceptors (Lipinski definition) is 4. The van der Waals surface area contributed by atoms with E-state index in [9.17, 15) is 0 Å². The second kappa shape index (κ2) is 4.65. The van der Waals surface area contributed by atoms with Gasteiger partial charge in [-0.3, -0.25) is 4.68 Å². The molecule has 0 unspecified atom stereocenters. The van der Waals surface area contributed by atoms with E-state index in [0.29, 0.717) is 0 Å². The minimum absolute atomic E-state index is 0.926. The standard InChI is InChI=1S/C11H16N4S/c1-8-10(6-15(3)14-8)12-5-4-11-9(2)13-7-16-11/h6-7,12H,4-5H2,1-3H3. The van der Waals surface area contributed by atoms with Crippen LogP contribution in [-0.4, -0.2) is 21.3 Å². The fourth-order valence-corrected chi connectivity index (χ4v) is 2.43. The number of aryl methyl sites for hydroxylation is 3. The Labute approximate surface area is 99.3 Å². The highest BCUT2D eigenvalue weighted by Crippen LogP contribution is 2.14. The van der Waals surface area contributed by atoms with Crippen LogP contribution in [0.25, 0.3) is 0 Å². The van der Waals surface area contributed by atoms with E-state index >= 15 is 0 Å². The smallest absolute Gasteiger partial charge is 0.0824 e. The molecule has 16 heavy (non-hydrogen) atoms. The maximum atomic E-state index is 4.29. The molecule has 0 radical (unpaired) electrons. The summed E-state index contributed by atoms with van der Waals surface area (Å²) in [7, 11) is 1.94. The number of rotatable bonds is 4. The summed E-state index contributed by atoms with van der Waals surface area (Å²) in [5.74, 6) is 0. The van der Waals surface area contributed by atoms with Crippen molar-refractivity contribution in [3.63, 3.8) is 0 Å². The van der Waals surface area contributed by atoms with Crippen molar-refractivity contribution in [1.29, 1.82) is 0 Å². The summed E-state index contributed by atoms with van der Waals surface area (Å²) in [4.78, 5) is 5.59. The zero-order valence-electron chi connectivity index (χ0n) is 9.82. The van der Waals surface area contributed by atoms with Crippen molar-refractivity contribution in [3.8, 4) is 0 Å². The molecule has 0 aliphatic rings. The Morgan fingerprint density at radius 3 is 2.75 bits per heavy atom. The fraction of sp³-hybridized carbons (Fsp3) is 0.455. The van der Waals surface area contributed by atoms with Crippen molar-refractivity contribution < 1.29 is 0 Å². The first-order valence-electron chi connectivity index (χ1n) is 5.30. The van der Waals surface area contributed by atoms with E-state index in [4.69, 9.17) is 0 Å². The average Bonchev–Trinajstić information content (AvgIpc) is 2.75. The molecular weight excluding hydrogens is 220 g/mol. The van der Waals surface area contributed by atoms with Gasteiger partial charge in [0, 0.05) is 31.1 Å². The molecule has 1 N–H and O–H groups in total. The Morgan fingerprint density at radius 2 is 2.19 bits per heavy atom. The highest BCUT2D eigenvalue weighted by molar-refractivity contribution is 7.09. The lowest BCUT2D eigenvalue weighted by Gasteiger charge is -2.03. The molecule has 0 aliphatic heterocycles. The van der Waals surface area contributed by atoms with Crippen LogP contribution < -0.4 is 5.32 Å². The number of thiazole rings is 1. The monoisotopic (exact) mass is 236 g/mol. The van der Waals surface area contributed by atoms with Crippen molar-refractivity contribution in [2.24, 2.45) is 7.05 Å². The van der Waals surface area contributed by atoms with Gasteiger partial charge in [-0.05, 0) is 13.8 Å². The van der Waals surface area contributed by atoms with Gasteiger partial charge in [-0.25, -0.2) is 4.98 Å². The molecular formula is C11H16N4S. The second-order valence-corrected chi connectivity index (χ2v) is 4.78. The number of hydrogen-bond donors (Lipinski definition) is 1. The van der Waals surface area contributed by atoms with Gasteiger partial charge in [0.05, 0.1) is 22.6 Å². The van der Waals surface area contributed by atoms with E-state index in [1.807, 2.05) is 30.4 Å². The lowest BCUT2D eigenvalue weighted by molar-refractivity contribution is 0.756. The summed E-state index contributed by atoms with van der Waals surface area (Å²) in [5, 5.41) is 7.68. The molecule has 2 rings (SSSR count). The van der Waals surface area contributed by atoms with Gasteiger partial charge in [-0.1, -0.05) is 0 Å². The van der Waals surface area contributed by atoms with E-state index in [2.05, 4.69) is 22.3 Å². The van der Waals surface area contributed by atoms with Crippen molar-refractivity contribution in [3.05, 3.63) is 28.0 Å². The molecule has 0 aromatic carbocycles. The van der Waals surface area contributed by atoms with Gasteiger partial charge in [0.1, 0.15) is 0 Å². The highest BCUT2D eigenvalue weighted by Gasteiger charge is 2.04. The van der Waals surface area contributed by atoms with E-state index in [0.717, 1.165) is 30.0 Å². The lowest BCUT2D eigenvalue weighted by Crippen LogP contribution is -2.04. The van der Waals surface area contributed by atoms with E-state index < -0.39 is 0 Å². The molecule has 2 aromatic heterocycles. The SMILES string of the molecule is Cc1nn(C)cc1NCCc1scnc1C. The molecule has 0 saturated carbocycles. The summed E-state index contributed by atoms with van der Waals surface area (Å²) >= 11 is 1.72. The first-order valence-corrected chi connectivity index (χ1v) is 6.18. The first kappa shape index (κ1) is 11.1. The average molecular weight is 236 g/mol. The van der Waals surface area contributed by atoms with E-state index in [-0.39, 0.29) is 0 Å². The lowest BCUT2D eigenvalue weighted by atomic mass is 10.3. The molecule has 86 valence electrons. The summed E-state index contributed by atoms with van der Waals surface area (Å²) in [6.45, 7) is 5.00. The molecule has 5 heteroatoms. The van der Waals surface area contributed by atoms with E-state index in [1.165, 1.54) is 4.88 Å². The Bertz CT molecular complexity index is 472. The number of aromatic nitrogens is 3. The molecule has 0 atom stereocenters. The number of anilines is 1. The van der Waals surface area contributed by atoms with Crippen LogP contribution >= 0.6 is 11.3 Å². The van der Waals surface area contributed by atoms with Crippen LogP contribution in [0.2, 0.25) is 0 Å². The van der Waals surface area contributed by atoms with Crippen LogP contribution in [-0.2, 0) is 13.5 Å². The summed E-state index contributed by atoms with van der Waals surface area (Å²) in [6.07, 6.45) is 3.03. The predicted molar refractivity (Wildman–Crippen MR) is 67.0 cm³/mol. The maximum Gasteiger partial charge on any atom is 0.0824 e. The summed E-state index contributed by atoms with van der Waals surface area (Å²) in [5.41, 5.74) is 5.21. The third kappa shape index (κ3) is 2.41. The Morgan fingerprint density at radius 1 is 1.38 bits per heavy atom. The van der Waals surface area contributed by atoms with Gasteiger partial charge in [0.15, 0.2) is 0 Å². The molecule has 0 bridgehead atoms. The minimum Gasteiger partial charge on any atom is -0.382 e. The zero-order valence-corrected chi connectivity index (χ0v) is 10.6. The molecule has 4 nitrogen and oxygen atoms in total. The van der Waals surface area contributed by atoms with Crippen molar-refractivity contribution in [2.75, 3.05) is 11.9 Å². The summed E-state index contributed by atoms with van der Waals surface area (Å²) in [6, 6.07) is 0. The summed E-state index contributed by atoms with van der Waals surface area (Å²) < 4.78 is 1.83. The zero-order chi connectivity index (χ0) is 11.5. The minimum atomic E-state index is 0.926. The van der Waals surface area contributed by atoms with Crippen LogP contribution in [0.15, 0.2) is 11.7 Å². The van der Waals surface area contributed by atoms with Gasteiger partial charge in [-0.15, -0.1) is 11.3 Å². The Kier molecular flexibility index (Phi) is 3.24. The van der Waals surface area contributed by atoms with Crippen molar-refractivity contribution in [1.82, 2.24) is 14.8 Å². The quantitative estimate of drug-likeness (QED) is 0.884. The van der Waals surface area contributed by atoms with Gasteiger partial charge in [0.2, 0.25) is 0 Å². The molecule has 2 heterocycles. The molecule has 0 spiro atoms. The maximum absolute atomic E-state index is 4.29. The Balaban J connectivity index is 1.89. The normalized spacial score (nSPS) is 10.7. The highest BCUT2D eigenvalue weighted by atomic mass is 32.1. The van der Waals surface area contributed by atoms with Crippen LogP contribution in [0.3, 0.4) is 0 Å². The van der Waals surface area contributed by atoms with Gasteiger partial charge in [0.25, 0.3) is 0 Å². The molecule has 0 amide bonds. The molecule has 0 fully saturated rings. The van der Waals surface area contributed by atoms with Crippen molar-refractivity contribution in [2.45, 2.75) is 20.3 Å². The first-order chi connectivity index (χ1) is 7.66.